The van der Waals surface area contributed by atoms with E-state index in [9.17, 15) is 13.2 Å². The SMILES string of the molecule is CCN(CC)S(=O)(=O)c1cc(C(=O)NC(C)c2ccncc2)ccc1Cl. The van der Waals surface area contributed by atoms with Gasteiger partial charge in [-0.25, -0.2) is 8.42 Å². The summed E-state index contributed by atoms with van der Waals surface area (Å²) in [6.45, 7) is 6.00. The quantitative estimate of drug-likeness (QED) is 0.780. The first-order chi connectivity index (χ1) is 12.3. The van der Waals surface area contributed by atoms with Crippen molar-refractivity contribution in [3.05, 3.63) is 58.9 Å². The lowest BCUT2D eigenvalue weighted by Gasteiger charge is -2.20. The lowest BCUT2D eigenvalue weighted by atomic mass is 10.1. The molecule has 0 spiro atoms. The van der Waals surface area contributed by atoms with Crippen molar-refractivity contribution >= 4 is 27.5 Å². The number of hydrogen-bond acceptors (Lipinski definition) is 4. The lowest BCUT2D eigenvalue weighted by molar-refractivity contribution is 0.0939. The maximum atomic E-state index is 12.7. The van der Waals surface area contributed by atoms with Crippen molar-refractivity contribution in [3.8, 4) is 0 Å². The molecule has 1 aromatic carbocycles. The Labute approximate surface area is 159 Å². The van der Waals surface area contributed by atoms with E-state index < -0.39 is 10.0 Å². The standard InChI is InChI=1S/C18H22ClN3O3S/c1-4-22(5-2)26(24,25)17-12-15(6-7-16(17)19)18(23)21-13(3)14-8-10-20-11-9-14/h6-13H,4-5H2,1-3H3,(H,21,23). The number of nitrogens with zero attached hydrogens (tertiary/aromatic N) is 2. The minimum atomic E-state index is -3.76. The second-order valence-corrected chi connectivity index (χ2v) is 8.02. The predicted molar refractivity (Wildman–Crippen MR) is 102 cm³/mol. The number of carbonyl (C=O) groups excluding carboxylic acids is 1. The largest absolute Gasteiger partial charge is 0.346 e. The minimum Gasteiger partial charge on any atom is -0.346 e. The zero-order valence-electron chi connectivity index (χ0n) is 14.9. The number of benzene rings is 1. The first-order valence-electron chi connectivity index (χ1n) is 8.31. The molecule has 1 atom stereocenters. The average molecular weight is 396 g/mol. The van der Waals surface area contributed by atoms with Crippen molar-refractivity contribution in [1.82, 2.24) is 14.6 Å². The van der Waals surface area contributed by atoms with Gasteiger partial charge in [0.05, 0.1) is 11.1 Å². The molecule has 1 aromatic heterocycles. The molecule has 0 saturated heterocycles. The van der Waals surface area contributed by atoms with Crippen LogP contribution < -0.4 is 5.32 Å². The van der Waals surface area contributed by atoms with E-state index in [1.165, 1.54) is 22.5 Å². The number of hydrogen-bond donors (Lipinski definition) is 1. The van der Waals surface area contributed by atoms with Crippen molar-refractivity contribution < 1.29 is 13.2 Å². The summed E-state index contributed by atoms with van der Waals surface area (Å²) in [6.07, 6.45) is 3.30. The molecule has 26 heavy (non-hydrogen) atoms. The molecule has 2 rings (SSSR count). The first kappa shape index (κ1) is 20.4. The molecule has 1 amide bonds. The Morgan fingerprint density at radius 3 is 2.38 bits per heavy atom. The van der Waals surface area contributed by atoms with Crippen molar-refractivity contribution in [3.63, 3.8) is 0 Å². The van der Waals surface area contributed by atoms with Crippen LogP contribution in [-0.4, -0.2) is 36.7 Å². The fourth-order valence-corrected chi connectivity index (χ4v) is 4.52. The van der Waals surface area contributed by atoms with E-state index in [-0.39, 0.29) is 27.4 Å². The number of pyridine rings is 1. The van der Waals surface area contributed by atoms with Gasteiger partial charge in [0.1, 0.15) is 4.90 Å². The Morgan fingerprint density at radius 2 is 1.81 bits per heavy atom. The van der Waals surface area contributed by atoms with Crippen molar-refractivity contribution in [1.29, 1.82) is 0 Å². The summed E-state index contributed by atoms with van der Waals surface area (Å²) in [4.78, 5) is 16.4. The van der Waals surface area contributed by atoms with Gasteiger partial charge in [-0.3, -0.25) is 9.78 Å². The summed E-state index contributed by atoms with van der Waals surface area (Å²) in [5, 5.41) is 2.94. The fraction of sp³-hybridized carbons (Fsp3) is 0.333. The molecular formula is C18H22ClN3O3S. The lowest BCUT2D eigenvalue weighted by Crippen LogP contribution is -2.31. The van der Waals surface area contributed by atoms with E-state index in [1.54, 1.807) is 26.2 Å². The third-order valence-corrected chi connectivity index (χ3v) is 6.60. The summed E-state index contributed by atoms with van der Waals surface area (Å²) < 4.78 is 26.8. The van der Waals surface area contributed by atoms with Gasteiger partial charge in [-0.2, -0.15) is 4.31 Å². The van der Waals surface area contributed by atoms with Crippen molar-refractivity contribution in [2.24, 2.45) is 0 Å². The molecule has 2 aromatic rings. The number of sulfonamides is 1. The fourth-order valence-electron chi connectivity index (χ4n) is 2.56. The molecule has 0 saturated carbocycles. The number of aromatic nitrogens is 1. The van der Waals surface area contributed by atoms with Gasteiger partial charge < -0.3 is 5.32 Å². The summed E-state index contributed by atoms with van der Waals surface area (Å²) >= 11 is 6.10. The zero-order chi connectivity index (χ0) is 19.3. The Kier molecular flexibility index (Phi) is 6.75. The molecule has 1 heterocycles. The topological polar surface area (TPSA) is 79.4 Å². The van der Waals surface area contributed by atoms with Gasteiger partial charge in [-0.1, -0.05) is 25.4 Å². The van der Waals surface area contributed by atoms with Gasteiger partial charge in [0.25, 0.3) is 5.91 Å². The molecule has 0 aliphatic heterocycles. The van der Waals surface area contributed by atoms with Crippen molar-refractivity contribution in [2.75, 3.05) is 13.1 Å². The summed E-state index contributed by atoms with van der Waals surface area (Å²) in [7, 11) is -3.76. The monoisotopic (exact) mass is 395 g/mol. The normalized spacial score (nSPS) is 12.8. The molecule has 0 aliphatic carbocycles. The molecule has 0 bridgehead atoms. The highest BCUT2D eigenvalue weighted by Crippen LogP contribution is 2.26. The minimum absolute atomic E-state index is 0.0629. The molecule has 8 heteroatoms. The van der Waals surface area contributed by atoms with Crippen molar-refractivity contribution in [2.45, 2.75) is 31.7 Å². The molecule has 1 N–H and O–H groups in total. The van der Waals surface area contributed by atoms with Crippen LogP contribution in [0.3, 0.4) is 0 Å². The van der Waals surface area contributed by atoms with Crippen LogP contribution in [0.25, 0.3) is 0 Å². The molecule has 1 unspecified atom stereocenters. The molecule has 0 fully saturated rings. The highest BCUT2D eigenvalue weighted by molar-refractivity contribution is 7.89. The maximum Gasteiger partial charge on any atom is 0.251 e. The number of halogens is 1. The predicted octanol–water partition coefficient (Wildman–Crippen LogP) is 3.26. The highest BCUT2D eigenvalue weighted by Gasteiger charge is 2.25. The molecular weight excluding hydrogens is 374 g/mol. The van der Waals surface area contributed by atoms with Crippen LogP contribution >= 0.6 is 11.6 Å². The van der Waals surface area contributed by atoms with Gasteiger partial charge >= 0.3 is 0 Å². The van der Waals surface area contributed by atoms with Gasteiger partial charge in [0, 0.05) is 31.0 Å². The third-order valence-electron chi connectivity index (χ3n) is 4.07. The van der Waals surface area contributed by atoms with Crippen LogP contribution in [-0.2, 0) is 10.0 Å². The number of carbonyl (C=O) groups is 1. The van der Waals surface area contributed by atoms with E-state index in [0.717, 1.165) is 5.56 Å². The molecule has 0 aliphatic rings. The highest BCUT2D eigenvalue weighted by atomic mass is 35.5. The van der Waals surface area contributed by atoms with Gasteiger partial charge in [0.2, 0.25) is 10.0 Å². The first-order valence-corrected chi connectivity index (χ1v) is 10.1. The second kappa shape index (κ2) is 8.62. The Hall–Kier alpha value is -1.96. The third kappa shape index (κ3) is 4.41. The molecule has 140 valence electrons. The second-order valence-electron chi connectivity index (χ2n) is 5.71. The summed E-state index contributed by atoms with van der Waals surface area (Å²) in [6, 6.07) is 7.64. The zero-order valence-corrected chi connectivity index (χ0v) is 16.5. The average Bonchev–Trinajstić information content (AvgIpc) is 2.63. The number of nitrogens with one attached hydrogen (secondary N) is 1. The van der Waals surface area contributed by atoms with E-state index in [4.69, 9.17) is 11.6 Å². The van der Waals surface area contributed by atoms with Gasteiger partial charge in [0.15, 0.2) is 0 Å². The van der Waals surface area contributed by atoms with E-state index in [2.05, 4.69) is 10.3 Å². The van der Waals surface area contributed by atoms with Crippen LogP contribution in [0.15, 0.2) is 47.6 Å². The van der Waals surface area contributed by atoms with Gasteiger partial charge in [-0.15, -0.1) is 0 Å². The van der Waals surface area contributed by atoms with Crippen LogP contribution in [0.1, 0.15) is 42.7 Å². The van der Waals surface area contributed by atoms with Crippen LogP contribution in [0.5, 0.6) is 0 Å². The van der Waals surface area contributed by atoms with E-state index in [1.807, 2.05) is 19.1 Å². The number of amides is 1. The summed E-state index contributed by atoms with van der Waals surface area (Å²) in [5.74, 6) is -0.373. The van der Waals surface area contributed by atoms with Crippen LogP contribution in [0, 0.1) is 0 Å². The van der Waals surface area contributed by atoms with Gasteiger partial charge in [-0.05, 0) is 42.8 Å². The smallest absolute Gasteiger partial charge is 0.251 e. The van der Waals surface area contributed by atoms with Crippen LogP contribution in [0.4, 0.5) is 0 Å². The Balaban J connectivity index is 2.30. The van der Waals surface area contributed by atoms with E-state index in [0.29, 0.717) is 13.1 Å². The Bertz CT molecular complexity index is 869. The van der Waals surface area contributed by atoms with Crippen LogP contribution in [0.2, 0.25) is 5.02 Å². The molecule has 6 nitrogen and oxygen atoms in total. The van der Waals surface area contributed by atoms with E-state index >= 15 is 0 Å². The number of rotatable bonds is 7. The maximum absolute atomic E-state index is 12.7. The molecule has 0 radical (unpaired) electrons. The Morgan fingerprint density at radius 1 is 1.19 bits per heavy atom. The summed E-state index contributed by atoms with van der Waals surface area (Å²) in [5.41, 5.74) is 1.14.